The van der Waals surface area contributed by atoms with E-state index in [1.807, 2.05) is 0 Å². The van der Waals surface area contributed by atoms with Crippen molar-refractivity contribution in [2.24, 2.45) is 7.05 Å². The Bertz CT molecular complexity index is 956. The Balaban J connectivity index is 1.83. The Morgan fingerprint density at radius 3 is 2.70 bits per heavy atom. The Kier molecular flexibility index (Phi) is 5.49. The van der Waals surface area contributed by atoms with Crippen LogP contribution in [0.25, 0.3) is 0 Å². The highest BCUT2D eigenvalue weighted by Gasteiger charge is 2.21. The van der Waals surface area contributed by atoms with Gasteiger partial charge in [-0.05, 0) is 35.4 Å². The van der Waals surface area contributed by atoms with E-state index in [-0.39, 0.29) is 18.1 Å². The normalized spacial score (nSPS) is 11.9. The van der Waals surface area contributed by atoms with E-state index >= 15 is 0 Å². The number of aromatic nitrogens is 2. The summed E-state index contributed by atoms with van der Waals surface area (Å²) in [6, 6.07) is 9.71. The van der Waals surface area contributed by atoms with Crippen molar-refractivity contribution in [3.05, 3.63) is 83.4 Å². The first-order chi connectivity index (χ1) is 13.0. The summed E-state index contributed by atoms with van der Waals surface area (Å²) in [6.45, 7) is 0. The van der Waals surface area contributed by atoms with Gasteiger partial charge in [0.2, 0.25) is 5.91 Å². The zero-order valence-electron chi connectivity index (χ0n) is 14.9. The number of hydrogen-bond acceptors (Lipinski definition) is 3. The molecule has 140 valence electrons. The molecule has 27 heavy (non-hydrogen) atoms. The van der Waals surface area contributed by atoms with Gasteiger partial charge in [0.1, 0.15) is 17.7 Å². The fourth-order valence-electron chi connectivity index (χ4n) is 2.86. The molecule has 0 aliphatic rings. The van der Waals surface area contributed by atoms with E-state index in [4.69, 9.17) is 4.74 Å². The second kappa shape index (κ2) is 7.99. The number of carbonyl (C=O) groups is 1. The van der Waals surface area contributed by atoms with Gasteiger partial charge < -0.3 is 14.6 Å². The van der Waals surface area contributed by atoms with Crippen LogP contribution in [0.1, 0.15) is 23.0 Å². The molecule has 1 N–H and O–H groups in total. The van der Waals surface area contributed by atoms with Gasteiger partial charge >= 0.3 is 0 Å². The van der Waals surface area contributed by atoms with Crippen molar-refractivity contribution in [2.75, 3.05) is 7.11 Å². The van der Waals surface area contributed by atoms with E-state index in [1.54, 1.807) is 42.2 Å². The number of hydrogen-bond donors (Lipinski definition) is 1. The summed E-state index contributed by atoms with van der Waals surface area (Å²) in [5, 5.41) is 2.86. The van der Waals surface area contributed by atoms with Crippen LogP contribution in [0.2, 0.25) is 0 Å². The predicted molar refractivity (Wildman–Crippen MR) is 96.2 cm³/mol. The molecule has 3 aromatic rings. The van der Waals surface area contributed by atoms with Gasteiger partial charge in [-0.3, -0.25) is 4.79 Å². The lowest BCUT2D eigenvalue weighted by Crippen LogP contribution is -2.32. The first-order valence-electron chi connectivity index (χ1n) is 8.32. The maximum absolute atomic E-state index is 13.8. The van der Waals surface area contributed by atoms with Crippen molar-refractivity contribution in [3.63, 3.8) is 0 Å². The van der Waals surface area contributed by atoms with Crippen molar-refractivity contribution in [2.45, 2.75) is 12.5 Å². The summed E-state index contributed by atoms with van der Waals surface area (Å²) < 4.78 is 34.1. The van der Waals surface area contributed by atoms with Gasteiger partial charge in [-0.2, -0.15) is 0 Å². The molecule has 0 bridgehead atoms. The lowest BCUT2D eigenvalue weighted by Gasteiger charge is -2.19. The summed E-state index contributed by atoms with van der Waals surface area (Å²) >= 11 is 0. The number of imidazole rings is 1. The minimum Gasteiger partial charge on any atom is -0.494 e. The van der Waals surface area contributed by atoms with Crippen molar-refractivity contribution in [1.29, 1.82) is 0 Å². The van der Waals surface area contributed by atoms with Crippen LogP contribution in [0.15, 0.2) is 54.9 Å². The van der Waals surface area contributed by atoms with Gasteiger partial charge in [0, 0.05) is 19.4 Å². The summed E-state index contributed by atoms with van der Waals surface area (Å²) in [4.78, 5) is 16.8. The van der Waals surface area contributed by atoms with Crippen molar-refractivity contribution in [1.82, 2.24) is 14.9 Å². The van der Waals surface area contributed by atoms with E-state index in [0.29, 0.717) is 17.0 Å². The minimum absolute atomic E-state index is 0.0306. The average molecular weight is 371 g/mol. The summed E-state index contributed by atoms with van der Waals surface area (Å²) in [5.41, 5.74) is 1.07. The second-order valence-electron chi connectivity index (χ2n) is 6.10. The van der Waals surface area contributed by atoms with E-state index < -0.39 is 17.7 Å². The largest absolute Gasteiger partial charge is 0.494 e. The van der Waals surface area contributed by atoms with Gasteiger partial charge in [0.15, 0.2) is 11.6 Å². The van der Waals surface area contributed by atoms with Gasteiger partial charge in [-0.25, -0.2) is 13.8 Å². The zero-order chi connectivity index (χ0) is 19.4. The highest BCUT2D eigenvalue weighted by atomic mass is 19.1. The monoisotopic (exact) mass is 371 g/mol. The number of carbonyl (C=O) groups excluding carboxylic acids is 1. The zero-order valence-corrected chi connectivity index (χ0v) is 14.9. The minimum atomic E-state index is -0.628. The molecule has 0 aliphatic heterocycles. The lowest BCUT2D eigenvalue weighted by atomic mass is 10.0. The number of aryl methyl sites for hydroxylation is 1. The third kappa shape index (κ3) is 4.31. The van der Waals surface area contributed by atoms with Gasteiger partial charge in [-0.15, -0.1) is 0 Å². The van der Waals surface area contributed by atoms with Crippen LogP contribution >= 0.6 is 0 Å². The Morgan fingerprint density at radius 1 is 1.26 bits per heavy atom. The number of nitrogens with one attached hydrogen (secondary N) is 1. The molecule has 7 heteroatoms. The molecule has 0 radical (unpaired) electrons. The third-order valence-electron chi connectivity index (χ3n) is 4.18. The molecule has 1 amide bonds. The maximum atomic E-state index is 13.8. The second-order valence-corrected chi connectivity index (χ2v) is 6.10. The number of rotatable bonds is 6. The first-order valence-corrected chi connectivity index (χ1v) is 8.32. The van der Waals surface area contributed by atoms with Crippen LogP contribution < -0.4 is 10.1 Å². The van der Waals surface area contributed by atoms with Crippen molar-refractivity contribution in [3.8, 4) is 5.75 Å². The van der Waals surface area contributed by atoms with Gasteiger partial charge in [0.05, 0.1) is 13.5 Å². The van der Waals surface area contributed by atoms with Crippen LogP contribution in [-0.2, 0) is 18.3 Å². The maximum Gasteiger partial charge on any atom is 0.225 e. The fraction of sp³-hybridized carbons (Fsp3) is 0.200. The van der Waals surface area contributed by atoms with Crippen LogP contribution in [0, 0.1) is 11.6 Å². The molecule has 0 unspecified atom stereocenters. The Hall–Kier alpha value is -3.22. The van der Waals surface area contributed by atoms with Crippen LogP contribution in [0.4, 0.5) is 8.78 Å². The first kappa shape index (κ1) is 18.6. The molecule has 0 saturated carbocycles. The Labute approximate surface area is 155 Å². The van der Waals surface area contributed by atoms with E-state index in [1.165, 1.54) is 31.4 Å². The topological polar surface area (TPSA) is 56.1 Å². The van der Waals surface area contributed by atoms with E-state index in [9.17, 15) is 13.6 Å². The smallest absolute Gasteiger partial charge is 0.225 e. The number of nitrogens with zero attached hydrogens (tertiary/aromatic N) is 2. The molecule has 2 aromatic carbocycles. The molecule has 0 fully saturated rings. The molecule has 3 rings (SSSR count). The number of halogens is 2. The summed E-state index contributed by atoms with van der Waals surface area (Å²) in [7, 11) is 3.17. The molecule has 1 heterocycles. The Morgan fingerprint density at radius 2 is 2.07 bits per heavy atom. The van der Waals surface area contributed by atoms with Crippen LogP contribution in [0.5, 0.6) is 5.75 Å². The van der Waals surface area contributed by atoms with Crippen LogP contribution in [-0.4, -0.2) is 22.6 Å². The third-order valence-corrected chi connectivity index (χ3v) is 4.18. The molecule has 0 aliphatic carbocycles. The highest BCUT2D eigenvalue weighted by molar-refractivity contribution is 5.79. The number of ether oxygens (including phenoxy) is 1. The summed E-state index contributed by atoms with van der Waals surface area (Å²) in [6.07, 6.45) is 3.32. The number of methoxy groups -OCH3 is 1. The molecule has 0 spiro atoms. The predicted octanol–water partition coefficient (Wildman–Crippen LogP) is 3.16. The van der Waals surface area contributed by atoms with Gasteiger partial charge in [0.25, 0.3) is 0 Å². The quantitative estimate of drug-likeness (QED) is 0.724. The van der Waals surface area contributed by atoms with Gasteiger partial charge in [-0.1, -0.05) is 18.2 Å². The average Bonchev–Trinajstić information content (AvgIpc) is 3.05. The highest BCUT2D eigenvalue weighted by Crippen LogP contribution is 2.22. The molecule has 0 saturated heterocycles. The summed E-state index contributed by atoms with van der Waals surface area (Å²) in [5.74, 6) is -0.594. The molecule has 1 aromatic heterocycles. The SMILES string of the molecule is COc1ccc(CC(=O)N[C@@H](c2cccc(F)c2)c2nccn2C)cc1F. The number of amides is 1. The lowest BCUT2D eigenvalue weighted by molar-refractivity contribution is -0.121. The standard InChI is InChI=1S/C20H19F2N3O2/c1-25-9-8-23-20(25)19(14-4-3-5-15(21)12-14)24-18(26)11-13-6-7-17(27-2)16(22)10-13/h3-10,12,19H,11H2,1-2H3,(H,24,26)/t19-/m0/s1. The molecule has 1 atom stereocenters. The van der Waals surface area contributed by atoms with Crippen molar-refractivity contribution < 1.29 is 18.3 Å². The molecular formula is C20H19F2N3O2. The molecular weight excluding hydrogens is 352 g/mol. The fourth-order valence-corrected chi connectivity index (χ4v) is 2.86. The van der Waals surface area contributed by atoms with Crippen molar-refractivity contribution >= 4 is 5.91 Å². The van der Waals surface area contributed by atoms with E-state index in [0.717, 1.165) is 0 Å². The van der Waals surface area contributed by atoms with E-state index in [2.05, 4.69) is 10.3 Å². The molecule has 5 nitrogen and oxygen atoms in total. The number of benzene rings is 2. The van der Waals surface area contributed by atoms with Crippen LogP contribution in [0.3, 0.4) is 0 Å².